The molecule has 0 radical (unpaired) electrons. The number of hydrogen-bond donors (Lipinski definition) is 2. The van der Waals surface area contributed by atoms with Gasteiger partial charge in [-0.3, -0.25) is 9.59 Å². The van der Waals surface area contributed by atoms with Gasteiger partial charge < -0.3 is 20.2 Å². The van der Waals surface area contributed by atoms with E-state index in [2.05, 4.69) is 5.32 Å². The van der Waals surface area contributed by atoms with Gasteiger partial charge in [-0.15, -0.1) is 0 Å². The maximum atomic E-state index is 12.3. The molecule has 0 unspecified atom stereocenters. The van der Waals surface area contributed by atoms with E-state index in [1.165, 1.54) is 19.3 Å². The lowest BCUT2D eigenvalue weighted by molar-refractivity contribution is -0.155. The van der Waals surface area contributed by atoms with E-state index >= 15 is 0 Å². The number of amides is 2. The molecule has 1 aromatic heterocycles. The summed E-state index contributed by atoms with van der Waals surface area (Å²) in [4.78, 5) is 35.5. The Hall–Kier alpha value is -3.09. The maximum Gasteiger partial charge on any atom is 0.329 e. The molecule has 0 saturated carbocycles. The van der Waals surface area contributed by atoms with Crippen molar-refractivity contribution in [2.45, 2.75) is 25.5 Å². The molecule has 7 heteroatoms. The zero-order valence-electron chi connectivity index (χ0n) is 13.1. The lowest BCUT2D eigenvalue weighted by atomic mass is 10.1. The fraction of sp³-hybridized carbons (Fsp3) is 0.235. The van der Waals surface area contributed by atoms with Gasteiger partial charge in [0.1, 0.15) is 6.04 Å². The van der Waals surface area contributed by atoms with Crippen LogP contribution < -0.4 is 11.1 Å². The van der Waals surface area contributed by atoms with Crippen LogP contribution in [0.3, 0.4) is 0 Å². The van der Waals surface area contributed by atoms with Gasteiger partial charge in [-0.2, -0.15) is 0 Å². The number of ether oxygens (including phenoxy) is 1. The van der Waals surface area contributed by atoms with Crippen molar-refractivity contribution in [3.8, 4) is 0 Å². The summed E-state index contributed by atoms with van der Waals surface area (Å²) in [6.07, 6.45) is 0.475. The number of nitrogens with two attached hydrogens (primary N) is 1. The third kappa shape index (κ3) is 4.70. The number of benzene rings is 1. The Kier molecular flexibility index (Phi) is 5.73. The smallest absolute Gasteiger partial charge is 0.329 e. The average Bonchev–Trinajstić information content (AvgIpc) is 3.09. The molecule has 1 heterocycles. The molecule has 7 nitrogen and oxygen atoms in total. The van der Waals surface area contributed by atoms with E-state index in [0.717, 1.165) is 5.56 Å². The normalized spacial score (nSPS) is 12.9. The summed E-state index contributed by atoms with van der Waals surface area (Å²) in [6, 6.07) is 11.2. The standard InChI is InChI=1S/C17H18N2O5/c1-11(15(18)20)24-17(22)13(10-12-6-3-2-4-7-12)19-16(21)14-8-5-9-23-14/h2-9,11,13H,10H2,1H3,(H2,18,20)(H,19,21)/t11-,13-/m0/s1. The highest BCUT2D eigenvalue weighted by Gasteiger charge is 2.27. The zero-order chi connectivity index (χ0) is 17.5. The van der Waals surface area contributed by atoms with Gasteiger partial charge in [0.2, 0.25) is 0 Å². The fourth-order valence-corrected chi connectivity index (χ4v) is 1.99. The predicted octanol–water partition coefficient (Wildman–Crippen LogP) is 1.04. The molecule has 0 aliphatic rings. The van der Waals surface area contributed by atoms with Gasteiger partial charge in [0, 0.05) is 6.42 Å². The van der Waals surface area contributed by atoms with E-state index < -0.39 is 29.9 Å². The Labute approximate surface area is 138 Å². The number of carbonyl (C=O) groups is 3. The molecule has 2 rings (SSSR count). The van der Waals surface area contributed by atoms with Crippen molar-refractivity contribution < 1.29 is 23.5 Å². The van der Waals surface area contributed by atoms with Crippen LogP contribution in [-0.2, 0) is 20.7 Å². The van der Waals surface area contributed by atoms with Gasteiger partial charge in [-0.05, 0) is 24.6 Å². The molecule has 0 spiro atoms. The van der Waals surface area contributed by atoms with Crippen molar-refractivity contribution in [2.75, 3.05) is 0 Å². The fourth-order valence-electron chi connectivity index (χ4n) is 1.99. The predicted molar refractivity (Wildman–Crippen MR) is 84.9 cm³/mol. The molecule has 3 N–H and O–H groups in total. The Balaban J connectivity index is 2.12. The van der Waals surface area contributed by atoms with Gasteiger partial charge in [-0.1, -0.05) is 30.3 Å². The second-order valence-corrected chi connectivity index (χ2v) is 5.17. The molecule has 0 aliphatic heterocycles. The number of carbonyl (C=O) groups excluding carboxylic acids is 3. The minimum Gasteiger partial charge on any atom is -0.459 e. The number of esters is 1. The summed E-state index contributed by atoms with van der Waals surface area (Å²) < 4.78 is 10.0. The molecule has 2 atom stereocenters. The monoisotopic (exact) mass is 330 g/mol. The highest BCUT2D eigenvalue weighted by molar-refractivity contribution is 5.95. The largest absolute Gasteiger partial charge is 0.459 e. The van der Waals surface area contributed by atoms with Crippen molar-refractivity contribution in [1.82, 2.24) is 5.32 Å². The number of nitrogens with one attached hydrogen (secondary N) is 1. The van der Waals surface area contributed by atoms with Crippen LogP contribution in [0.4, 0.5) is 0 Å². The van der Waals surface area contributed by atoms with Crippen LogP contribution in [0.1, 0.15) is 23.0 Å². The number of primary amides is 1. The van der Waals surface area contributed by atoms with Crippen LogP contribution in [0, 0.1) is 0 Å². The summed E-state index contributed by atoms with van der Waals surface area (Å²) in [7, 11) is 0. The molecule has 2 aromatic rings. The van der Waals surface area contributed by atoms with Crippen molar-refractivity contribution in [1.29, 1.82) is 0 Å². The van der Waals surface area contributed by atoms with Crippen molar-refractivity contribution in [3.05, 3.63) is 60.1 Å². The van der Waals surface area contributed by atoms with Crippen LogP contribution >= 0.6 is 0 Å². The molecule has 0 fully saturated rings. The van der Waals surface area contributed by atoms with Gasteiger partial charge in [0.15, 0.2) is 11.9 Å². The summed E-state index contributed by atoms with van der Waals surface area (Å²) in [5.74, 6) is -1.99. The highest BCUT2D eigenvalue weighted by Crippen LogP contribution is 2.08. The number of rotatable bonds is 7. The molecule has 126 valence electrons. The second-order valence-electron chi connectivity index (χ2n) is 5.17. The van der Waals surface area contributed by atoms with E-state index in [-0.39, 0.29) is 12.2 Å². The first-order chi connectivity index (χ1) is 11.5. The Morgan fingerprint density at radius 3 is 2.46 bits per heavy atom. The third-order valence-electron chi connectivity index (χ3n) is 3.31. The van der Waals surface area contributed by atoms with Crippen LogP contribution in [-0.4, -0.2) is 29.9 Å². The second kappa shape index (κ2) is 7.96. The minimum atomic E-state index is -1.09. The average molecular weight is 330 g/mol. The Morgan fingerprint density at radius 1 is 1.17 bits per heavy atom. The first kappa shape index (κ1) is 17.3. The number of furan rings is 1. The van der Waals surface area contributed by atoms with E-state index in [4.69, 9.17) is 14.9 Å². The molecule has 24 heavy (non-hydrogen) atoms. The molecule has 0 bridgehead atoms. The van der Waals surface area contributed by atoms with Gasteiger partial charge in [0.05, 0.1) is 6.26 Å². The van der Waals surface area contributed by atoms with Crippen molar-refractivity contribution >= 4 is 17.8 Å². The van der Waals surface area contributed by atoms with E-state index in [0.29, 0.717) is 0 Å². The summed E-state index contributed by atoms with van der Waals surface area (Å²) in [5, 5.41) is 2.55. The lowest BCUT2D eigenvalue weighted by Crippen LogP contribution is -2.45. The highest BCUT2D eigenvalue weighted by atomic mass is 16.5. The number of hydrogen-bond acceptors (Lipinski definition) is 5. The van der Waals surface area contributed by atoms with Crippen molar-refractivity contribution in [2.24, 2.45) is 5.73 Å². The van der Waals surface area contributed by atoms with E-state index in [9.17, 15) is 14.4 Å². The summed E-state index contributed by atoms with van der Waals surface area (Å²) in [5.41, 5.74) is 5.92. The lowest BCUT2D eigenvalue weighted by Gasteiger charge is -2.19. The summed E-state index contributed by atoms with van der Waals surface area (Å²) in [6.45, 7) is 1.37. The van der Waals surface area contributed by atoms with Crippen LogP contribution in [0.2, 0.25) is 0 Å². The van der Waals surface area contributed by atoms with E-state index in [1.54, 1.807) is 6.07 Å². The molecule has 0 saturated heterocycles. The van der Waals surface area contributed by atoms with Gasteiger partial charge in [-0.25, -0.2) is 4.79 Å². The molecular formula is C17H18N2O5. The molecular weight excluding hydrogens is 312 g/mol. The molecule has 0 aliphatic carbocycles. The Bertz CT molecular complexity index is 697. The van der Waals surface area contributed by atoms with Gasteiger partial charge >= 0.3 is 5.97 Å². The van der Waals surface area contributed by atoms with Crippen LogP contribution in [0.5, 0.6) is 0 Å². The quantitative estimate of drug-likeness (QED) is 0.737. The third-order valence-corrected chi connectivity index (χ3v) is 3.31. The topological polar surface area (TPSA) is 112 Å². The van der Waals surface area contributed by atoms with Crippen molar-refractivity contribution in [3.63, 3.8) is 0 Å². The Morgan fingerprint density at radius 2 is 1.88 bits per heavy atom. The molecule has 2 amide bonds. The van der Waals surface area contributed by atoms with Crippen LogP contribution in [0.15, 0.2) is 53.1 Å². The minimum absolute atomic E-state index is 0.0730. The van der Waals surface area contributed by atoms with Crippen LogP contribution in [0.25, 0.3) is 0 Å². The first-order valence-corrected chi connectivity index (χ1v) is 7.35. The SMILES string of the molecule is C[C@H](OC(=O)[C@H](Cc1ccccc1)NC(=O)c1ccco1)C(N)=O. The molecule has 1 aromatic carbocycles. The summed E-state index contributed by atoms with van der Waals surface area (Å²) >= 11 is 0. The zero-order valence-corrected chi connectivity index (χ0v) is 13.1. The maximum absolute atomic E-state index is 12.3. The van der Waals surface area contributed by atoms with Gasteiger partial charge in [0.25, 0.3) is 11.8 Å². The van der Waals surface area contributed by atoms with E-state index in [1.807, 2.05) is 30.3 Å². The first-order valence-electron chi connectivity index (χ1n) is 7.35.